The molecule has 0 unspecified atom stereocenters. The van der Waals surface area contributed by atoms with Crippen LogP contribution in [0.1, 0.15) is 15.9 Å². The molecule has 0 spiro atoms. The van der Waals surface area contributed by atoms with Crippen LogP contribution >= 0.6 is 0 Å². The van der Waals surface area contributed by atoms with Crippen molar-refractivity contribution in [2.24, 2.45) is 0 Å². The average Bonchev–Trinajstić information content (AvgIpc) is 2.42. The van der Waals surface area contributed by atoms with E-state index in [9.17, 15) is 13.2 Å². The van der Waals surface area contributed by atoms with E-state index in [1.165, 1.54) is 16.4 Å². The van der Waals surface area contributed by atoms with Crippen LogP contribution in [0.25, 0.3) is 0 Å². The number of ether oxygens (including phenoxy) is 1. The fourth-order valence-corrected chi connectivity index (χ4v) is 3.11. The lowest BCUT2D eigenvalue weighted by molar-refractivity contribution is 0.0697. The third kappa shape index (κ3) is 3.27. The monoisotopic (exact) mass is 300 g/mol. The topological polar surface area (TPSA) is 95.9 Å². The molecule has 1 saturated heterocycles. The molecule has 110 valence electrons. The summed E-state index contributed by atoms with van der Waals surface area (Å²) in [5, 5.41) is 8.94. The molecule has 0 radical (unpaired) electrons. The van der Waals surface area contributed by atoms with Crippen molar-refractivity contribution in [1.82, 2.24) is 4.31 Å². The summed E-state index contributed by atoms with van der Waals surface area (Å²) in [7, 11) is -3.69. The van der Waals surface area contributed by atoms with Crippen molar-refractivity contribution in [3.63, 3.8) is 0 Å². The molecule has 1 aliphatic rings. The second kappa shape index (κ2) is 5.78. The van der Waals surface area contributed by atoms with Gasteiger partial charge in [0.05, 0.1) is 24.5 Å². The Bertz CT molecular complexity index is 608. The quantitative estimate of drug-likeness (QED) is 0.852. The molecule has 1 aromatic rings. The summed E-state index contributed by atoms with van der Waals surface area (Å²) >= 11 is 0. The largest absolute Gasteiger partial charge is 0.478 e. The van der Waals surface area contributed by atoms with Gasteiger partial charge in [-0.05, 0) is 24.6 Å². The van der Waals surface area contributed by atoms with Crippen LogP contribution in [-0.2, 0) is 14.9 Å². The molecule has 0 aliphatic carbocycles. The predicted molar refractivity (Wildman–Crippen MR) is 73.1 cm³/mol. The van der Waals surface area contributed by atoms with Crippen molar-refractivity contribution in [3.05, 3.63) is 29.3 Å². The van der Waals surface area contributed by atoms with Gasteiger partial charge in [-0.25, -0.2) is 4.79 Å². The fourth-order valence-electron chi connectivity index (χ4n) is 1.86. The Balaban J connectivity index is 2.24. The second-order valence-corrected chi connectivity index (χ2v) is 6.12. The number of carbonyl (C=O) groups is 1. The van der Waals surface area contributed by atoms with Gasteiger partial charge in [-0.1, -0.05) is 6.07 Å². The smallest absolute Gasteiger partial charge is 0.335 e. The maximum absolute atomic E-state index is 12.2. The Morgan fingerprint density at radius 2 is 2.00 bits per heavy atom. The zero-order valence-electron chi connectivity index (χ0n) is 11.0. The first-order valence-corrected chi connectivity index (χ1v) is 7.54. The molecule has 0 bridgehead atoms. The fraction of sp³-hybridized carbons (Fsp3) is 0.417. The molecule has 0 saturated carbocycles. The number of carboxylic acids is 1. The number of hydrogen-bond acceptors (Lipinski definition) is 4. The lowest BCUT2D eigenvalue weighted by Crippen LogP contribution is -2.43. The van der Waals surface area contributed by atoms with Gasteiger partial charge < -0.3 is 9.84 Å². The van der Waals surface area contributed by atoms with Crippen molar-refractivity contribution in [1.29, 1.82) is 0 Å². The van der Waals surface area contributed by atoms with Gasteiger partial charge in [0, 0.05) is 13.1 Å². The van der Waals surface area contributed by atoms with E-state index < -0.39 is 16.2 Å². The molecule has 2 rings (SSSR count). The Morgan fingerprint density at radius 3 is 2.60 bits per heavy atom. The van der Waals surface area contributed by atoms with E-state index in [1.54, 1.807) is 13.0 Å². The van der Waals surface area contributed by atoms with Crippen molar-refractivity contribution in [2.75, 3.05) is 31.0 Å². The van der Waals surface area contributed by atoms with E-state index in [1.807, 2.05) is 0 Å². The van der Waals surface area contributed by atoms with Crippen LogP contribution < -0.4 is 4.72 Å². The van der Waals surface area contributed by atoms with Gasteiger partial charge >= 0.3 is 16.2 Å². The first-order chi connectivity index (χ1) is 9.40. The summed E-state index contributed by atoms with van der Waals surface area (Å²) in [5.41, 5.74) is 0.971. The highest BCUT2D eigenvalue weighted by Crippen LogP contribution is 2.20. The Hall–Kier alpha value is -1.64. The number of anilines is 1. The molecule has 1 fully saturated rings. The maximum atomic E-state index is 12.2. The van der Waals surface area contributed by atoms with Gasteiger partial charge in [-0.3, -0.25) is 4.72 Å². The Morgan fingerprint density at radius 1 is 1.35 bits per heavy atom. The third-order valence-electron chi connectivity index (χ3n) is 3.03. The highest BCUT2D eigenvalue weighted by molar-refractivity contribution is 7.90. The van der Waals surface area contributed by atoms with Crippen molar-refractivity contribution in [3.8, 4) is 0 Å². The maximum Gasteiger partial charge on any atom is 0.335 e. The van der Waals surface area contributed by atoms with Crippen molar-refractivity contribution in [2.45, 2.75) is 6.92 Å². The van der Waals surface area contributed by atoms with Gasteiger partial charge in [0.2, 0.25) is 0 Å². The van der Waals surface area contributed by atoms with Gasteiger partial charge in [-0.2, -0.15) is 12.7 Å². The van der Waals surface area contributed by atoms with Crippen molar-refractivity contribution >= 4 is 21.9 Å². The summed E-state index contributed by atoms with van der Waals surface area (Å²) in [6.07, 6.45) is 0. The van der Waals surface area contributed by atoms with Crippen LogP contribution in [0, 0.1) is 6.92 Å². The van der Waals surface area contributed by atoms with E-state index in [0.717, 1.165) is 0 Å². The Kier molecular flexibility index (Phi) is 4.26. The van der Waals surface area contributed by atoms with Crippen LogP contribution in [0.2, 0.25) is 0 Å². The van der Waals surface area contributed by atoms with Gasteiger partial charge in [0.15, 0.2) is 0 Å². The number of hydrogen-bond donors (Lipinski definition) is 2. The van der Waals surface area contributed by atoms with E-state index in [2.05, 4.69) is 4.72 Å². The predicted octanol–water partition coefficient (Wildman–Crippen LogP) is 0.682. The number of nitrogens with one attached hydrogen (secondary N) is 1. The van der Waals surface area contributed by atoms with Gasteiger partial charge in [0.1, 0.15) is 0 Å². The second-order valence-electron chi connectivity index (χ2n) is 4.45. The van der Waals surface area contributed by atoms with Crippen molar-refractivity contribution < 1.29 is 23.1 Å². The number of aryl methyl sites for hydroxylation is 1. The molecular formula is C12H16N2O5S. The number of rotatable bonds is 4. The summed E-state index contributed by atoms with van der Waals surface area (Å²) < 4.78 is 33.2. The van der Waals surface area contributed by atoms with Crippen LogP contribution in [0.4, 0.5) is 5.69 Å². The SMILES string of the molecule is Cc1ccc(C(=O)O)cc1NS(=O)(=O)N1CCOCC1. The summed E-state index contributed by atoms with van der Waals surface area (Å²) in [6.45, 7) is 2.99. The van der Waals surface area contributed by atoms with E-state index in [0.29, 0.717) is 18.8 Å². The number of carboxylic acid groups (broad SMARTS) is 1. The standard InChI is InChI=1S/C12H16N2O5S/c1-9-2-3-10(12(15)16)8-11(9)13-20(17,18)14-4-6-19-7-5-14/h2-3,8,13H,4-7H2,1H3,(H,15,16). The van der Waals surface area contributed by atoms with Gasteiger partial charge in [0.25, 0.3) is 0 Å². The first-order valence-electron chi connectivity index (χ1n) is 6.10. The lowest BCUT2D eigenvalue weighted by Gasteiger charge is -2.26. The molecule has 8 heteroatoms. The molecule has 1 aromatic carbocycles. The zero-order chi connectivity index (χ0) is 14.8. The Labute approximate surface area is 117 Å². The molecule has 2 N–H and O–H groups in total. The molecule has 1 aliphatic heterocycles. The highest BCUT2D eigenvalue weighted by Gasteiger charge is 2.24. The number of morpholine rings is 1. The van der Waals surface area contributed by atoms with E-state index in [-0.39, 0.29) is 24.3 Å². The minimum Gasteiger partial charge on any atom is -0.478 e. The highest BCUT2D eigenvalue weighted by atomic mass is 32.2. The first kappa shape index (κ1) is 14.8. The molecule has 0 atom stereocenters. The molecule has 0 amide bonds. The van der Waals surface area contributed by atoms with Crippen LogP contribution in [0.3, 0.4) is 0 Å². The van der Waals surface area contributed by atoms with Gasteiger partial charge in [-0.15, -0.1) is 0 Å². The zero-order valence-corrected chi connectivity index (χ0v) is 11.8. The number of benzene rings is 1. The van der Waals surface area contributed by atoms with Crippen LogP contribution in [-0.4, -0.2) is 50.1 Å². The summed E-state index contributed by atoms with van der Waals surface area (Å²) in [5.74, 6) is -1.10. The molecule has 20 heavy (non-hydrogen) atoms. The molecular weight excluding hydrogens is 284 g/mol. The van der Waals surface area contributed by atoms with E-state index in [4.69, 9.17) is 9.84 Å². The number of aromatic carboxylic acids is 1. The number of nitrogens with zero attached hydrogens (tertiary/aromatic N) is 1. The summed E-state index contributed by atoms with van der Waals surface area (Å²) in [6, 6.07) is 4.32. The lowest BCUT2D eigenvalue weighted by atomic mass is 10.1. The van der Waals surface area contributed by atoms with Crippen LogP contribution in [0.15, 0.2) is 18.2 Å². The molecule has 1 heterocycles. The molecule has 0 aromatic heterocycles. The summed E-state index contributed by atoms with van der Waals surface area (Å²) in [4.78, 5) is 10.9. The van der Waals surface area contributed by atoms with Crippen LogP contribution in [0.5, 0.6) is 0 Å². The third-order valence-corrected chi connectivity index (χ3v) is 4.56. The van der Waals surface area contributed by atoms with E-state index >= 15 is 0 Å². The minimum absolute atomic E-state index is 0.0373. The minimum atomic E-state index is -3.69. The molecule has 7 nitrogen and oxygen atoms in total. The normalized spacial score (nSPS) is 16.9. The average molecular weight is 300 g/mol.